The van der Waals surface area contributed by atoms with Crippen LogP contribution in [0.5, 0.6) is 23.1 Å². The van der Waals surface area contributed by atoms with Crippen molar-refractivity contribution < 1.29 is 24.1 Å². The average Bonchev–Trinajstić information content (AvgIpc) is 3.30. The normalized spacial score (nSPS) is 15.5. The molecule has 0 saturated carbocycles. The van der Waals surface area contributed by atoms with Crippen molar-refractivity contribution in [2.24, 2.45) is 4.99 Å². The summed E-state index contributed by atoms with van der Waals surface area (Å²) in [5.74, 6) is 1.43. The van der Waals surface area contributed by atoms with Crippen LogP contribution in [0.3, 0.4) is 0 Å². The first-order valence-electron chi connectivity index (χ1n) is 8.89. The molecular formula is C21H14N2O5S2. The van der Waals surface area contributed by atoms with Gasteiger partial charge in [-0.15, -0.1) is 11.3 Å². The third-order valence-corrected chi connectivity index (χ3v) is 6.04. The molecule has 1 N–H and O–H groups in total. The number of benzene rings is 2. The Bertz CT molecular complexity index is 1400. The van der Waals surface area contributed by atoms with Crippen LogP contribution in [0.25, 0.3) is 17.8 Å². The van der Waals surface area contributed by atoms with E-state index in [1.165, 1.54) is 11.3 Å². The van der Waals surface area contributed by atoms with Crippen molar-refractivity contribution >= 4 is 41.6 Å². The first kappa shape index (κ1) is 18.6. The number of amides is 1. The first-order valence-corrected chi connectivity index (χ1v) is 10.1. The number of ether oxygens (including phenoxy) is 3. The lowest BCUT2D eigenvalue weighted by Crippen LogP contribution is -2.30. The van der Waals surface area contributed by atoms with Crippen molar-refractivity contribution in [2.75, 3.05) is 13.9 Å². The van der Waals surface area contributed by atoms with E-state index in [2.05, 4.69) is 4.99 Å². The minimum Gasteiger partial charge on any atom is -0.497 e. The maximum atomic E-state index is 12.5. The monoisotopic (exact) mass is 438 g/mol. The van der Waals surface area contributed by atoms with E-state index in [1.807, 2.05) is 0 Å². The van der Waals surface area contributed by atoms with Crippen molar-refractivity contribution in [3.05, 3.63) is 61.4 Å². The van der Waals surface area contributed by atoms with Gasteiger partial charge in [-0.25, -0.2) is 4.99 Å². The van der Waals surface area contributed by atoms with Gasteiger partial charge in [-0.2, -0.15) is 0 Å². The summed E-state index contributed by atoms with van der Waals surface area (Å²) >= 11 is 6.63. The lowest BCUT2D eigenvalue weighted by Gasteiger charge is -2.06. The Balaban J connectivity index is 1.58. The lowest BCUT2D eigenvalue weighted by molar-refractivity contribution is -0.114. The maximum Gasteiger partial charge on any atom is 0.277 e. The molecule has 0 bridgehead atoms. The van der Waals surface area contributed by atoms with Crippen LogP contribution < -0.4 is 24.8 Å². The molecule has 3 heterocycles. The predicted molar refractivity (Wildman–Crippen MR) is 113 cm³/mol. The van der Waals surface area contributed by atoms with E-state index in [0.29, 0.717) is 42.7 Å². The van der Waals surface area contributed by atoms with Crippen LogP contribution in [0, 0.1) is 3.95 Å². The van der Waals surface area contributed by atoms with Crippen molar-refractivity contribution in [3.63, 3.8) is 0 Å². The Kier molecular flexibility index (Phi) is 4.41. The van der Waals surface area contributed by atoms with E-state index >= 15 is 0 Å². The zero-order chi connectivity index (χ0) is 20.8. The van der Waals surface area contributed by atoms with Crippen LogP contribution in [-0.4, -0.2) is 29.5 Å². The minimum absolute atomic E-state index is 0.0413. The smallest absolute Gasteiger partial charge is 0.277 e. The summed E-state index contributed by atoms with van der Waals surface area (Å²) < 4.78 is 17.9. The van der Waals surface area contributed by atoms with E-state index in [1.54, 1.807) is 60.2 Å². The summed E-state index contributed by atoms with van der Waals surface area (Å²) in [5.41, 5.74) is 1.04. The van der Waals surface area contributed by atoms with Crippen LogP contribution in [0.1, 0.15) is 4.88 Å². The Morgan fingerprint density at radius 2 is 1.97 bits per heavy atom. The number of carbonyl (C=O) groups excluding carboxylic acids is 1. The zero-order valence-corrected chi connectivity index (χ0v) is 17.3. The summed E-state index contributed by atoms with van der Waals surface area (Å²) in [6, 6.07) is 10.6. The molecular weight excluding hydrogens is 424 g/mol. The van der Waals surface area contributed by atoms with Gasteiger partial charge in [0.1, 0.15) is 5.75 Å². The topological polar surface area (TPSA) is 82.3 Å². The van der Waals surface area contributed by atoms with E-state index in [9.17, 15) is 9.90 Å². The third-order valence-electron chi connectivity index (χ3n) is 4.73. The van der Waals surface area contributed by atoms with Gasteiger partial charge in [0.05, 0.1) is 23.0 Å². The number of thiazole rings is 1. The van der Waals surface area contributed by atoms with E-state index in [4.69, 9.17) is 26.4 Å². The average molecular weight is 438 g/mol. The molecule has 0 unspecified atom stereocenters. The minimum atomic E-state index is -0.406. The highest BCUT2D eigenvalue weighted by Crippen LogP contribution is 2.33. The molecule has 5 rings (SSSR count). The summed E-state index contributed by atoms with van der Waals surface area (Å²) in [7, 11) is 1.58. The van der Waals surface area contributed by atoms with E-state index < -0.39 is 5.91 Å². The molecule has 0 atom stereocenters. The number of carbonyl (C=O) groups is 1. The standard InChI is InChI=1S/C21H14N2O5S2/c1-26-14-4-2-13(3-5-14)23-20(25)18(30-21(23)29)8-12-6-11-7-16-17(28-10-27-16)9-15(11)22-19(12)24/h2-9,25H,10H2,1H3/b12-8+. The number of hydrogen-bond acceptors (Lipinski definition) is 7. The number of methoxy groups -OCH3 is 1. The second-order valence-corrected chi connectivity index (χ2v) is 8.19. The molecule has 7 nitrogen and oxygen atoms in total. The Labute approximate surface area is 179 Å². The molecule has 30 heavy (non-hydrogen) atoms. The van der Waals surface area contributed by atoms with Gasteiger partial charge in [-0.3, -0.25) is 9.36 Å². The highest BCUT2D eigenvalue weighted by molar-refractivity contribution is 7.73. The summed E-state index contributed by atoms with van der Waals surface area (Å²) in [5, 5.41) is 12.0. The number of nitrogens with zero attached hydrogens (tertiary/aromatic N) is 2. The number of rotatable bonds is 3. The first-order chi connectivity index (χ1) is 14.5. The number of aromatic nitrogens is 1. The van der Waals surface area contributed by atoms with Gasteiger partial charge < -0.3 is 19.3 Å². The van der Waals surface area contributed by atoms with Crippen molar-refractivity contribution in [2.45, 2.75) is 0 Å². The van der Waals surface area contributed by atoms with Crippen LogP contribution in [0.15, 0.2) is 47.0 Å². The molecule has 0 radical (unpaired) electrons. The Morgan fingerprint density at radius 1 is 1.23 bits per heavy atom. The second kappa shape index (κ2) is 7.12. The number of hydrogen-bond donors (Lipinski definition) is 1. The van der Waals surface area contributed by atoms with Gasteiger partial charge >= 0.3 is 0 Å². The molecule has 0 fully saturated rings. The fourth-order valence-corrected chi connectivity index (χ4v) is 4.54. The highest BCUT2D eigenvalue weighted by Gasteiger charge is 2.19. The van der Waals surface area contributed by atoms with Crippen LogP contribution in [-0.2, 0) is 4.79 Å². The number of aromatic hydroxyl groups is 1. The van der Waals surface area contributed by atoms with Gasteiger partial charge in [0, 0.05) is 16.9 Å². The molecule has 2 aromatic carbocycles. The zero-order valence-electron chi connectivity index (χ0n) is 15.6. The fraction of sp³-hybridized carbons (Fsp3) is 0.0952. The second-order valence-electron chi connectivity index (χ2n) is 6.51. The van der Waals surface area contributed by atoms with Gasteiger partial charge in [0.15, 0.2) is 15.5 Å². The molecule has 0 aliphatic carbocycles. The highest BCUT2D eigenvalue weighted by atomic mass is 32.1. The van der Waals surface area contributed by atoms with E-state index in [0.717, 1.165) is 5.22 Å². The molecule has 1 amide bonds. The lowest BCUT2D eigenvalue weighted by atomic mass is 10.1. The largest absolute Gasteiger partial charge is 0.497 e. The Hall–Kier alpha value is -3.43. The molecule has 9 heteroatoms. The van der Waals surface area contributed by atoms with Gasteiger partial charge in [-0.1, -0.05) is 0 Å². The number of fused-ring (bicyclic) bond motifs is 2. The molecule has 2 aliphatic rings. The molecule has 2 aliphatic heterocycles. The van der Waals surface area contributed by atoms with Gasteiger partial charge in [-0.05, 0) is 54.7 Å². The predicted octanol–water partition coefficient (Wildman–Crippen LogP) is 2.74. The SMILES string of the molecule is COc1ccc(-n2c(O)c(/C=C3\C=c4cc5c(cc4=NC3=O)OCO5)sc2=S)cc1. The molecule has 0 spiro atoms. The summed E-state index contributed by atoms with van der Waals surface area (Å²) in [6.07, 6.45) is 3.31. The fourth-order valence-electron chi connectivity index (χ4n) is 3.24. The summed E-state index contributed by atoms with van der Waals surface area (Å²) in [6.45, 7) is 0.144. The molecule has 1 aromatic heterocycles. The van der Waals surface area contributed by atoms with Crippen molar-refractivity contribution in [3.8, 4) is 28.8 Å². The quantitative estimate of drug-likeness (QED) is 0.500. The summed E-state index contributed by atoms with van der Waals surface area (Å²) in [4.78, 5) is 17.1. The van der Waals surface area contributed by atoms with Crippen LogP contribution in [0.4, 0.5) is 0 Å². The van der Waals surface area contributed by atoms with Gasteiger partial charge in [0.25, 0.3) is 5.91 Å². The Morgan fingerprint density at radius 3 is 2.70 bits per heavy atom. The molecule has 0 saturated heterocycles. The molecule has 3 aromatic rings. The van der Waals surface area contributed by atoms with Crippen molar-refractivity contribution in [1.82, 2.24) is 4.57 Å². The van der Waals surface area contributed by atoms with E-state index in [-0.39, 0.29) is 12.7 Å². The van der Waals surface area contributed by atoms with Crippen LogP contribution >= 0.6 is 23.6 Å². The maximum absolute atomic E-state index is 12.5. The van der Waals surface area contributed by atoms with Crippen LogP contribution in [0.2, 0.25) is 0 Å². The third kappa shape index (κ3) is 3.08. The van der Waals surface area contributed by atoms with Gasteiger partial charge in [0.2, 0.25) is 12.7 Å². The molecule has 150 valence electrons. The van der Waals surface area contributed by atoms with Crippen molar-refractivity contribution in [1.29, 1.82) is 0 Å².